The Kier molecular flexibility index (Phi) is 7.14. The first-order chi connectivity index (χ1) is 13.6. The van der Waals surface area contributed by atoms with Crippen molar-refractivity contribution < 1.29 is 19.0 Å². The van der Waals surface area contributed by atoms with Gasteiger partial charge in [0, 0.05) is 45.3 Å². The van der Waals surface area contributed by atoms with Gasteiger partial charge in [0.15, 0.2) is 0 Å². The van der Waals surface area contributed by atoms with E-state index in [0.29, 0.717) is 13.2 Å². The molecule has 0 amide bonds. The fourth-order valence-electron chi connectivity index (χ4n) is 3.34. The van der Waals surface area contributed by atoms with Gasteiger partial charge in [-0.2, -0.15) is 0 Å². The standard InChI is InChI=1S/C22H28N2O4/c1-18(25)28-22(17-27-21-10-8-20(26-2)9-11-21)16-23-12-14-24(15-13-23)19-6-4-3-5-7-19/h3-11,22H,12-17H2,1-2H3. The van der Waals surface area contributed by atoms with E-state index >= 15 is 0 Å². The molecule has 1 heterocycles. The predicted octanol–water partition coefficient (Wildman–Crippen LogP) is 2.83. The zero-order valence-corrected chi connectivity index (χ0v) is 16.5. The SMILES string of the molecule is COc1ccc(OCC(CN2CCN(c3ccccc3)CC2)OC(C)=O)cc1. The molecule has 6 heteroatoms. The molecular weight excluding hydrogens is 356 g/mol. The molecule has 2 aromatic rings. The number of piperazine rings is 1. The van der Waals surface area contributed by atoms with Crippen LogP contribution in [0.2, 0.25) is 0 Å². The summed E-state index contributed by atoms with van der Waals surface area (Å²) in [4.78, 5) is 16.2. The van der Waals surface area contributed by atoms with Crippen LogP contribution in [0.1, 0.15) is 6.92 Å². The third-order valence-electron chi connectivity index (χ3n) is 4.78. The summed E-state index contributed by atoms with van der Waals surface area (Å²) in [6.07, 6.45) is -0.303. The van der Waals surface area contributed by atoms with Gasteiger partial charge in [-0.05, 0) is 36.4 Å². The summed E-state index contributed by atoms with van der Waals surface area (Å²) >= 11 is 0. The average molecular weight is 384 g/mol. The zero-order valence-electron chi connectivity index (χ0n) is 16.5. The van der Waals surface area contributed by atoms with Crippen LogP contribution in [0.25, 0.3) is 0 Å². The lowest BCUT2D eigenvalue weighted by Gasteiger charge is -2.37. The van der Waals surface area contributed by atoms with E-state index in [9.17, 15) is 4.79 Å². The van der Waals surface area contributed by atoms with E-state index in [-0.39, 0.29) is 12.1 Å². The smallest absolute Gasteiger partial charge is 0.303 e. The first-order valence-corrected chi connectivity index (χ1v) is 9.60. The van der Waals surface area contributed by atoms with Crippen molar-refractivity contribution >= 4 is 11.7 Å². The summed E-state index contributed by atoms with van der Waals surface area (Å²) in [5.41, 5.74) is 1.25. The van der Waals surface area contributed by atoms with Crippen LogP contribution in [-0.4, -0.2) is 63.4 Å². The summed E-state index contributed by atoms with van der Waals surface area (Å²) in [7, 11) is 1.63. The third kappa shape index (κ3) is 5.89. The molecule has 1 unspecified atom stereocenters. The Morgan fingerprint density at radius 1 is 0.964 bits per heavy atom. The van der Waals surface area contributed by atoms with Crippen molar-refractivity contribution in [2.45, 2.75) is 13.0 Å². The van der Waals surface area contributed by atoms with Crippen molar-refractivity contribution in [1.82, 2.24) is 4.90 Å². The van der Waals surface area contributed by atoms with E-state index in [2.05, 4.69) is 34.1 Å². The summed E-state index contributed by atoms with van der Waals surface area (Å²) in [6.45, 7) is 6.19. The van der Waals surface area contributed by atoms with Gasteiger partial charge in [0.2, 0.25) is 0 Å². The lowest BCUT2D eigenvalue weighted by molar-refractivity contribution is -0.148. The van der Waals surface area contributed by atoms with Gasteiger partial charge in [-0.25, -0.2) is 0 Å². The second-order valence-corrected chi connectivity index (χ2v) is 6.84. The molecule has 0 N–H and O–H groups in total. The number of para-hydroxylation sites is 1. The summed E-state index contributed by atoms with van der Waals surface area (Å²) in [5.74, 6) is 1.22. The van der Waals surface area contributed by atoms with Crippen LogP contribution < -0.4 is 14.4 Å². The fourth-order valence-corrected chi connectivity index (χ4v) is 3.34. The lowest BCUT2D eigenvalue weighted by atomic mass is 10.2. The number of hydrogen-bond donors (Lipinski definition) is 0. The Labute approximate surface area is 166 Å². The largest absolute Gasteiger partial charge is 0.497 e. The number of methoxy groups -OCH3 is 1. The molecular formula is C22H28N2O4. The maximum atomic E-state index is 11.5. The number of esters is 1. The summed E-state index contributed by atoms with van der Waals surface area (Å²) < 4.78 is 16.5. The van der Waals surface area contributed by atoms with E-state index < -0.39 is 0 Å². The number of carbonyl (C=O) groups is 1. The van der Waals surface area contributed by atoms with Gasteiger partial charge in [0.1, 0.15) is 24.2 Å². The van der Waals surface area contributed by atoms with Crippen LogP contribution in [0, 0.1) is 0 Å². The topological polar surface area (TPSA) is 51.2 Å². The van der Waals surface area contributed by atoms with Gasteiger partial charge >= 0.3 is 5.97 Å². The second kappa shape index (κ2) is 9.99. The Morgan fingerprint density at radius 2 is 1.61 bits per heavy atom. The first-order valence-electron chi connectivity index (χ1n) is 9.60. The molecule has 1 aliphatic heterocycles. The van der Waals surface area contributed by atoms with Crippen molar-refractivity contribution in [2.24, 2.45) is 0 Å². The number of benzene rings is 2. The van der Waals surface area contributed by atoms with E-state index in [1.54, 1.807) is 7.11 Å². The van der Waals surface area contributed by atoms with Crippen molar-refractivity contribution in [3.8, 4) is 11.5 Å². The summed E-state index contributed by atoms with van der Waals surface area (Å²) in [6, 6.07) is 17.8. The van der Waals surface area contributed by atoms with Crippen molar-refractivity contribution in [2.75, 3.05) is 51.3 Å². The predicted molar refractivity (Wildman–Crippen MR) is 109 cm³/mol. The Bertz CT molecular complexity index is 728. The lowest BCUT2D eigenvalue weighted by Crippen LogP contribution is -2.50. The molecule has 0 aliphatic carbocycles. The number of hydrogen-bond acceptors (Lipinski definition) is 6. The highest BCUT2D eigenvalue weighted by Gasteiger charge is 2.22. The first kappa shape index (κ1) is 20.0. The normalized spacial score (nSPS) is 15.7. The van der Waals surface area contributed by atoms with Gasteiger partial charge in [-0.1, -0.05) is 18.2 Å². The molecule has 1 fully saturated rings. The van der Waals surface area contributed by atoms with E-state index in [4.69, 9.17) is 14.2 Å². The van der Waals surface area contributed by atoms with Gasteiger partial charge in [-0.3, -0.25) is 9.69 Å². The van der Waals surface area contributed by atoms with Gasteiger partial charge in [0.05, 0.1) is 7.11 Å². The highest BCUT2D eigenvalue weighted by Crippen LogP contribution is 2.18. The third-order valence-corrected chi connectivity index (χ3v) is 4.78. The number of ether oxygens (including phenoxy) is 3. The quantitative estimate of drug-likeness (QED) is 0.653. The van der Waals surface area contributed by atoms with Crippen molar-refractivity contribution in [3.63, 3.8) is 0 Å². The van der Waals surface area contributed by atoms with Gasteiger partial charge in [-0.15, -0.1) is 0 Å². The molecule has 0 saturated carbocycles. The minimum Gasteiger partial charge on any atom is -0.497 e. The van der Waals surface area contributed by atoms with Crippen LogP contribution in [-0.2, 0) is 9.53 Å². The fraction of sp³-hybridized carbons (Fsp3) is 0.409. The van der Waals surface area contributed by atoms with E-state index in [1.165, 1.54) is 12.6 Å². The summed E-state index contributed by atoms with van der Waals surface area (Å²) in [5, 5.41) is 0. The number of carbonyl (C=O) groups excluding carboxylic acids is 1. The van der Waals surface area contributed by atoms with Gasteiger partial charge in [0.25, 0.3) is 0 Å². The van der Waals surface area contributed by atoms with E-state index in [0.717, 1.165) is 37.7 Å². The molecule has 0 radical (unpaired) electrons. The average Bonchev–Trinajstić information content (AvgIpc) is 2.73. The van der Waals surface area contributed by atoms with Crippen LogP contribution in [0.5, 0.6) is 11.5 Å². The molecule has 6 nitrogen and oxygen atoms in total. The van der Waals surface area contributed by atoms with E-state index in [1.807, 2.05) is 30.3 Å². The highest BCUT2D eigenvalue weighted by molar-refractivity contribution is 5.66. The molecule has 28 heavy (non-hydrogen) atoms. The Morgan fingerprint density at radius 3 is 2.21 bits per heavy atom. The van der Waals surface area contributed by atoms with Crippen LogP contribution in [0.4, 0.5) is 5.69 Å². The molecule has 1 aliphatic rings. The van der Waals surface area contributed by atoms with Crippen LogP contribution in [0.15, 0.2) is 54.6 Å². The van der Waals surface area contributed by atoms with Crippen LogP contribution in [0.3, 0.4) is 0 Å². The molecule has 150 valence electrons. The second-order valence-electron chi connectivity index (χ2n) is 6.84. The Balaban J connectivity index is 1.50. The van der Waals surface area contributed by atoms with Crippen molar-refractivity contribution in [3.05, 3.63) is 54.6 Å². The van der Waals surface area contributed by atoms with Crippen LogP contribution >= 0.6 is 0 Å². The molecule has 0 aromatic heterocycles. The number of nitrogens with zero attached hydrogens (tertiary/aromatic N) is 2. The van der Waals surface area contributed by atoms with Gasteiger partial charge < -0.3 is 19.1 Å². The van der Waals surface area contributed by atoms with Crippen molar-refractivity contribution in [1.29, 1.82) is 0 Å². The molecule has 2 aromatic carbocycles. The Hall–Kier alpha value is -2.73. The minimum absolute atomic E-state index is 0.286. The molecule has 0 bridgehead atoms. The monoisotopic (exact) mass is 384 g/mol. The molecule has 0 spiro atoms. The molecule has 1 atom stereocenters. The minimum atomic E-state index is -0.303. The maximum absolute atomic E-state index is 11.5. The number of anilines is 1. The maximum Gasteiger partial charge on any atom is 0.303 e. The molecule has 1 saturated heterocycles. The highest BCUT2D eigenvalue weighted by atomic mass is 16.6. The number of rotatable bonds is 8. The molecule has 3 rings (SSSR count). The zero-order chi connectivity index (χ0) is 19.8.